The van der Waals surface area contributed by atoms with Crippen molar-refractivity contribution in [3.8, 4) is 11.1 Å². The van der Waals surface area contributed by atoms with Gasteiger partial charge < -0.3 is 10.2 Å². The van der Waals surface area contributed by atoms with E-state index >= 15 is 0 Å². The molecule has 162 valence electrons. The lowest BCUT2D eigenvalue weighted by molar-refractivity contribution is -0.142. The van der Waals surface area contributed by atoms with E-state index in [9.17, 15) is 9.59 Å². The molecule has 3 atom stereocenters. The molecule has 0 bridgehead atoms. The zero-order chi connectivity index (χ0) is 21.8. The summed E-state index contributed by atoms with van der Waals surface area (Å²) in [5, 5.41) is 3.04. The highest BCUT2D eigenvalue weighted by Gasteiger charge is 2.47. The maximum Gasteiger partial charge on any atom is 0.228 e. The SMILES string of the molecule is C=CCNC(=O)[C@]1(Cc2ccccc2-c2ccccc2)CCCN(C(=O)[C@H]2C[C@H]2C)C1. The van der Waals surface area contributed by atoms with Crippen LogP contribution in [-0.4, -0.2) is 36.3 Å². The lowest BCUT2D eigenvalue weighted by atomic mass is 9.73. The topological polar surface area (TPSA) is 49.4 Å². The molecule has 2 amide bonds. The minimum absolute atomic E-state index is 0.0246. The Kier molecular flexibility index (Phi) is 6.26. The third kappa shape index (κ3) is 4.58. The second kappa shape index (κ2) is 9.09. The molecule has 1 saturated carbocycles. The van der Waals surface area contributed by atoms with Crippen LogP contribution in [0.5, 0.6) is 0 Å². The molecule has 2 aromatic carbocycles. The number of nitrogens with zero attached hydrogens (tertiary/aromatic N) is 1. The highest BCUT2D eigenvalue weighted by Crippen LogP contribution is 2.42. The molecule has 0 radical (unpaired) electrons. The maximum absolute atomic E-state index is 13.5. The number of nitrogens with one attached hydrogen (secondary N) is 1. The van der Waals surface area contributed by atoms with Gasteiger partial charge in [0.25, 0.3) is 0 Å². The fourth-order valence-electron chi connectivity index (χ4n) is 4.92. The molecule has 4 rings (SSSR count). The number of rotatable bonds is 7. The van der Waals surface area contributed by atoms with E-state index in [0.29, 0.717) is 25.4 Å². The lowest BCUT2D eigenvalue weighted by Crippen LogP contribution is -2.55. The Bertz CT molecular complexity index is 955. The average molecular weight is 417 g/mol. The van der Waals surface area contributed by atoms with Gasteiger partial charge in [-0.3, -0.25) is 9.59 Å². The third-order valence-corrected chi connectivity index (χ3v) is 6.83. The van der Waals surface area contributed by atoms with E-state index in [2.05, 4.69) is 43.1 Å². The highest BCUT2D eigenvalue weighted by atomic mass is 16.2. The summed E-state index contributed by atoms with van der Waals surface area (Å²) in [6.45, 7) is 7.55. The molecule has 0 spiro atoms. The van der Waals surface area contributed by atoms with Gasteiger partial charge in [-0.15, -0.1) is 6.58 Å². The summed E-state index contributed by atoms with van der Waals surface area (Å²) in [6.07, 6.45) is 4.93. The van der Waals surface area contributed by atoms with Crippen molar-refractivity contribution in [3.63, 3.8) is 0 Å². The van der Waals surface area contributed by atoms with Crippen LogP contribution in [-0.2, 0) is 16.0 Å². The molecule has 1 aliphatic carbocycles. The van der Waals surface area contributed by atoms with Crippen LogP contribution in [0, 0.1) is 17.3 Å². The van der Waals surface area contributed by atoms with Crippen LogP contribution in [0.3, 0.4) is 0 Å². The van der Waals surface area contributed by atoms with Crippen molar-refractivity contribution in [1.29, 1.82) is 0 Å². The molecule has 2 fully saturated rings. The van der Waals surface area contributed by atoms with E-state index in [1.54, 1.807) is 6.08 Å². The largest absolute Gasteiger partial charge is 0.352 e. The molecule has 1 saturated heterocycles. The predicted molar refractivity (Wildman–Crippen MR) is 124 cm³/mol. The number of hydrogen-bond donors (Lipinski definition) is 1. The Morgan fingerprint density at radius 1 is 1.16 bits per heavy atom. The Balaban J connectivity index is 1.66. The van der Waals surface area contributed by atoms with E-state index in [1.807, 2.05) is 35.2 Å². The first-order valence-electron chi connectivity index (χ1n) is 11.4. The standard InChI is InChI=1S/C27H32N2O2/c1-3-15-28-26(31)27(14-9-16-29(19-27)25(30)24-17-20(24)2)18-22-12-7-8-13-23(22)21-10-5-4-6-11-21/h3-8,10-13,20,24H,1,9,14-19H2,2H3,(H,28,31)/t20-,24+,27+/m1/s1. The first-order valence-corrected chi connectivity index (χ1v) is 11.4. The van der Waals surface area contributed by atoms with Gasteiger partial charge in [0.2, 0.25) is 11.8 Å². The van der Waals surface area contributed by atoms with Crippen molar-refractivity contribution >= 4 is 11.8 Å². The summed E-state index contributed by atoms with van der Waals surface area (Å²) in [6, 6.07) is 18.6. The minimum atomic E-state index is -0.625. The van der Waals surface area contributed by atoms with E-state index in [0.717, 1.165) is 42.5 Å². The van der Waals surface area contributed by atoms with Crippen molar-refractivity contribution in [2.75, 3.05) is 19.6 Å². The Morgan fingerprint density at radius 3 is 2.58 bits per heavy atom. The van der Waals surface area contributed by atoms with Gasteiger partial charge in [-0.05, 0) is 48.3 Å². The number of carbonyl (C=O) groups excluding carboxylic acids is 2. The number of amides is 2. The molecule has 31 heavy (non-hydrogen) atoms. The van der Waals surface area contributed by atoms with Crippen molar-refractivity contribution in [2.45, 2.75) is 32.6 Å². The first-order chi connectivity index (χ1) is 15.0. The van der Waals surface area contributed by atoms with Gasteiger partial charge in [0.1, 0.15) is 0 Å². The quantitative estimate of drug-likeness (QED) is 0.678. The van der Waals surface area contributed by atoms with Gasteiger partial charge in [-0.1, -0.05) is 67.6 Å². The second-order valence-electron chi connectivity index (χ2n) is 9.16. The highest BCUT2D eigenvalue weighted by molar-refractivity contribution is 5.86. The van der Waals surface area contributed by atoms with Crippen LogP contribution in [0.1, 0.15) is 31.7 Å². The van der Waals surface area contributed by atoms with Gasteiger partial charge in [-0.25, -0.2) is 0 Å². The zero-order valence-electron chi connectivity index (χ0n) is 18.3. The molecule has 0 unspecified atom stereocenters. The van der Waals surface area contributed by atoms with Gasteiger partial charge in [0.15, 0.2) is 0 Å². The van der Waals surface area contributed by atoms with Crippen molar-refractivity contribution in [2.24, 2.45) is 17.3 Å². The van der Waals surface area contributed by atoms with Crippen LogP contribution in [0.25, 0.3) is 11.1 Å². The van der Waals surface area contributed by atoms with Crippen LogP contribution >= 0.6 is 0 Å². The molecule has 0 aromatic heterocycles. The van der Waals surface area contributed by atoms with Gasteiger partial charge >= 0.3 is 0 Å². The van der Waals surface area contributed by atoms with Crippen LogP contribution in [0.2, 0.25) is 0 Å². The number of likely N-dealkylation sites (tertiary alicyclic amines) is 1. The average Bonchev–Trinajstić information content (AvgIpc) is 3.54. The second-order valence-corrected chi connectivity index (χ2v) is 9.16. The molecule has 4 heteroatoms. The molecule has 1 N–H and O–H groups in total. The summed E-state index contributed by atoms with van der Waals surface area (Å²) in [5.74, 6) is 0.863. The molecule has 1 heterocycles. The predicted octanol–water partition coefficient (Wildman–Crippen LogP) is 4.46. The number of hydrogen-bond acceptors (Lipinski definition) is 2. The van der Waals surface area contributed by atoms with Crippen LogP contribution in [0.15, 0.2) is 67.3 Å². The number of benzene rings is 2. The molecule has 2 aromatic rings. The Labute approximate surface area is 185 Å². The third-order valence-electron chi connectivity index (χ3n) is 6.83. The molecular weight excluding hydrogens is 384 g/mol. The van der Waals surface area contributed by atoms with Crippen LogP contribution in [0.4, 0.5) is 0 Å². The van der Waals surface area contributed by atoms with Crippen molar-refractivity contribution in [1.82, 2.24) is 10.2 Å². The van der Waals surface area contributed by atoms with Gasteiger partial charge in [0, 0.05) is 25.6 Å². The molecule has 1 aliphatic heterocycles. The molecule has 4 nitrogen and oxygen atoms in total. The summed E-state index contributed by atoms with van der Waals surface area (Å²) >= 11 is 0. The monoisotopic (exact) mass is 416 g/mol. The van der Waals surface area contributed by atoms with Gasteiger partial charge in [-0.2, -0.15) is 0 Å². The summed E-state index contributed by atoms with van der Waals surface area (Å²) in [7, 11) is 0. The van der Waals surface area contributed by atoms with Crippen LogP contribution < -0.4 is 5.32 Å². The lowest BCUT2D eigenvalue weighted by Gasteiger charge is -2.42. The first kappa shape index (κ1) is 21.4. The van der Waals surface area contributed by atoms with Crippen molar-refractivity contribution in [3.05, 3.63) is 72.8 Å². The number of carbonyl (C=O) groups is 2. The maximum atomic E-state index is 13.5. The minimum Gasteiger partial charge on any atom is -0.352 e. The Morgan fingerprint density at radius 2 is 1.87 bits per heavy atom. The van der Waals surface area contributed by atoms with E-state index < -0.39 is 5.41 Å². The molecule has 2 aliphatic rings. The smallest absolute Gasteiger partial charge is 0.228 e. The number of piperidine rings is 1. The summed E-state index contributed by atoms with van der Waals surface area (Å²) in [5.41, 5.74) is 2.82. The zero-order valence-corrected chi connectivity index (χ0v) is 18.3. The summed E-state index contributed by atoms with van der Waals surface area (Å²) < 4.78 is 0. The van der Waals surface area contributed by atoms with Gasteiger partial charge in [0.05, 0.1) is 5.41 Å². The fourth-order valence-corrected chi connectivity index (χ4v) is 4.92. The van der Waals surface area contributed by atoms with E-state index in [4.69, 9.17) is 0 Å². The Hall–Kier alpha value is -2.88. The van der Waals surface area contributed by atoms with Crippen molar-refractivity contribution < 1.29 is 9.59 Å². The fraction of sp³-hybridized carbons (Fsp3) is 0.407. The van der Waals surface area contributed by atoms with E-state index in [1.165, 1.54) is 0 Å². The van der Waals surface area contributed by atoms with E-state index in [-0.39, 0.29) is 17.7 Å². The molecular formula is C27H32N2O2. The normalized spacial score (nSPS) is 25.0. The summed E-state index contributed by atoms with van der Waals surface area (Å²) in [4.78, 5) is 28.4.